The van der Waals surface area contributed by atoms with E-state index in [4.69, 9.17) is 4.74 Å². The molecule has 0 amide bonds. The SMILES string of the molecule is CC(OC(C)(C)C)C(=O)c1ccc(F)cc1F. The number of Topliss-reactive ketones (excluding diaryl/α,β-unsaturated/α-hetero) is 1. The summed E-state index contributed by atoms with van der Waals surface area (Å²) >= 11 is 0. The maximum absolute atomic E-state index is 13.4. The van der Waals surface area contributed by atoms with Crippen LogP contribution < -0.4 is 0 Å². The van der Waals surface area contributed by atoms with Crippen LogP contribution in [0.5, 0.6) is 0 Å². The van der Waals surface area contributed by atoms with Crippen LogP contribution >= 0.6 is 0 Å². The van der Waals surface area contributed by atoms with Crippen molar-refractivity contribution in [2.45, 2.75) is 39.4 Å². The molecule has 0 aliphatic carbocycles. The van der Waals surface area contributed by atoms with Crippen LogP contribution in [0.25, 0.3) is 0 Å². The van der Waals surface area contributed by atoms with Gasteiger partial charge in [0.25, 0.3) is 0 Å². The van der Waals surface area contributed by atoms with Crippen molar-refractivity contribution in [1.29, 1.82) is 0 Å². The van der Waals surface area contributed by atoms with Gasteiger partial charge in [0.15, 0.2) is 5.78 Å². The minimum absolute atomic E-state index is 0.150. The summed E-state index contributed by atoms with van der Waals surface area (Å²) in [5.41, 5.74) is -0.644. The molecule has 1 rings (SSSR count). The largest absolute Gasteiger partial charge is 0.365 e. The Balaban J connectivity index is 2.89. The highest BCUT2D eigenvalue weighted by Crippen LogP contribution is 2.17. The molecule has 0 fully saturated rings. The fourth-order valence-corrected chi connectivity index (χ4v) is 1.49. The van der Waals surface area contributed by atoms with Crippen molar-refractivity contribution in [3.8, 4) is 0 Å². The summed E-state index contributed by atoms with van der Waals surface area (Å²) in [7, 11) is 0. The van der Waals surface area contributed by atoms with E-state index < -0.39 is 29.1 Å². The Hall–Kier alpha value is -1.29. The smallest absolute Gasteiger partial charge is 0.194 e. The Kier molecular flexibility index (Phi) is 3.98. The molecular weight excluding hydrogens is 226 g/mol. The molecule has 0 aliphatic heterocycles. The van der Waals surface area contributed by atoms with Crippen LogP contribution in [0, 0.1) is 11.6 Å². The summed E-state index contributed by atoms with van der Waals surface area (Å²) < 4.78 is 31.5. The Morgan fingerprint density at radius 1 is 1.29 bits per heavy atom. The number of carbonyl (C=O) groups is 1. The van der Waals surface area contributed by atoms with E-state index >= 15 is 0 Å². The van der Waals surface area contributed by atoms with Gasteiger partial charge >= 0.3 is 0 Å². The van der Waals surface area contributed by atoms with Gasteiger partial charge < -0.3 is 4.74 Å². The molecule has 17 heavy (non-hydrogen) atoms. The third kappa shape index (κ3) is 3.89. The van der Waals surface area contributed by atoms with E-state index in [9.17, 15) is 13.6 Å². The first-order valence-corrected chi connectivity index (χ1v) is 5.38. The molecule has 0 aliphatic rings. The molecule has 1 aromatic rings. The highest BCUT2D eigenvalue weighted by Gasteiger charge is 2.24. The zero-order valence-corrected chi connectivity index (χ0v) is 10.4. The van der Waals surface area contributed by atoms with Gasteiger partial charge in [-0.15, -0.1) is 0 Å². The predicted molar refractivity (Wildman–Crippen MR) is 61.0 cm³/mol. The standard InChI is InChI=1S/C13H16F2O2/c1-8(17-13(2,3)4)12(16)10-6-5-9(14)7-11(10)15/h5-8H,1-4H3. The van der Waals surface area contributed by atoms with Crippen molar-refractivity contribution < 1.29 is 18.3 Å². The van der Waals surface area contributed by atoms with Crippen LogP contribution in [0.1, 0.15) is 38.1 Å². The molecule has 0 heterocycles. The third-order valence-electron chi connectivity index (χ3n) is 2.10. The van der Waals surface area contributed by atoms with Gasteiger partial charge in [0.05, 0.1) is 11.2 Å². The lowest BCUT2D eigenvalue weighted by Gasteiger charge is -2.24. The molecule has 94 valence electrons. The van der Waals surface area contributed by atoms with Gasteiger partial charge in [-0.2, -0.15) is 0 Å². The molecule has 0 saturated heterocycles. The number of benzene rings is 1. The molecule has 0 radical (unpaired) electrons. The number of carbonyl (C=O) groups excluding carboxylic acids is 1. The first-order valence-electron chi connectivity index (χ1n) is 5.38. The Morgan fingerprint density at radius 3 is 2.35 bits per heavy atom. The van der Waals surface area contributed by atoms with Crippen molar-refractivity contribution in [2.75, 3.05) is 0 Å². The normalized spacial score (nSPS) is 13.5. The predicted octanol–water partition coefficient (Wildman–Crippen LogP) is 3.35. The van der Waals surface area contributed by atoms with E-state index in [2.05, 4.69) is 0 Å². The third-order valence-corrected chi connectivity index (χ3v) is 2.10. The molecule has 0 saturated carbocycles. The topological polar surface area (TPSA) is 26.3 Å². The highest BCUT2D eigenvalue weighted by atomic mass is 19.1. The summed E-state index contributed by atoms with van der Waals surface area (Å²) in [5, 5.41) is 0. The van der Waals surface area contributed by atoms with E-state index in [-0.39, 0.29) is 5.56 Å². The molecule has 0 spiro atoms. The monoisotopic (exact) mass is 242 g/mol. The Bertz CT molecular complexity index is 422. The second-order valence-electron chi connectivity index (χ2n) is 4.86. The zero-order chi connectivity index (χ0) is 13.2. The first kappa shape index (κ1) is 13.8. The van der Waals surface area contributed by atoms with Gasteiger partial charge in [-0.25, -0.2) is 8.78 Å². The molecule has 4 heteroatoms. The summed E-state index contributed by atoms with van der Waals surface area (Å²) in [5.74, 6) is -2.06. The van der Waals surface area contributed by atoms with Gasteiger partial charge in [0, 0.05) is 6.07 Å². The van der Waals surface area contributed by atoms with E-state index in [1.807, 2.05) is 0 Å². The number of halogens is 2. The van der Waals surface area contributed by atoms with E-state index in [1.165, 1.54) is 0 Å². The maximum Gasteiger partial charge on any atom is 0.194 e. The first-order chi connectivity index (χ1) is 7.70. The second kappa shape index (κ2) is 4.92. The Labute approximate surface area is 99.6 Å². The fourth-order valence-electron chi connectivity index (χ4n) is 1.49. The molecule has 2 nitrogen and oxygen atoms in total. The minimum Gasteiger partial charge on any atom is -0.365 e. The lowest BCUT2D eigenvalue weighted by atomic mass is 10.1. The van der Waals surface area contributed by atoms with Crippen LogP contribution in [0.15, 0.2) is 18.2 Å². The fraction of sp³-hybridized carbons (Fsp3) is 0.462. The van der Waals surface area contributed by atoms with Crippen molar-refractivity contribution >= 4 is 5.78 Å². The number of hydrogen-bond acceptors (Lipinski definition) is 2. The summed E-state index contributed by atoms with van der Waals surface area (Å²) in [6.45, 7) is 6.96. The number of rotatable bonds is 3. The minimum atomic E-state index is -0.862. The molecule has 0 bridgehead atoms. The number of hydrogen-bond donors (Lipinski definition) is 0. The lowest BCUT2D eigenvalue weighted by Crippen LogP contribution is -2.31. The van der Waals surface area contributed by atoms with Crippen LogP contribution in [-0.4, -0.2) is 17.5 Å². The molecule has 1 aromatic carbocycles. The Morgan fingerprint density at radius 2 is 1.88 bits per heavy atom. The summed E-state index contributed by atoms with van der Waals surface area (Å²) in [6, 6.07) is 2.88. The lowest BCUT2D eigenvalue weighted by molar-refractivity contribution is -0.0383. The van der Waals surface area contributed by atoms with Gasteiger partial charge in [0.2, 0.25) is 0 Å². The molecule has 1 atom stereocenters. The quantitative estimate of drug-likeness (QED) is 0.760. The summed E-state index contributed by atoms with van der Waals surface area (Å²) in [6.07, 6.45) is -0.769. The highest BCUT2D eigenvalue weighted by molar-refractivity contribution is 5.99. The van der Waals surface area contributed by atoms with E-state index in [1.54, 1.807) is 27.7 Å². The zero-order valence-electron chi connectivity index (χ0n) is 10.4. The van der Waals surface area contributed by atoms with Crippen molar-refractivity contribution in [1.82, 2.24) is 0 Å². The maximum atomic E-state index is 13.4. The number of ether oxygens (including phenoxy) is 1. The van der Waals surface area contributed by atoms with Crippen LogP contribution in [0.4, 0.5) is 8.78 Å². The molecule has 0 N–H and O–H groups in total. The molecular formula is C13H16F2O2. The van der Waals surface area contributed by atoms with E-state index in [0.29, 0.717) is 6.07 Å². The molecule has 0 aromatic heterocycles. The average Bonchev–Trinajstić information content (AvgIpc) is 2.14. The number of ketones is 1. The van der Waals surface area contributed by atoms with E-state index in [0.717, 1.165) is 12.1 Å². The van der Waals surface area contributed by atoms with Gasteiger partial charge in [-0.05, 0) is 39.8 Å². The van der Waals surface area contributed by atoms with Gasteiger partial charge in [0.1, 0.15) is 17.7 Å². The summed E-state index contributed by atoms with van der Waals surface area (Å²) in [4.78, 5) is 11.9. The average molecular weight is 242 g/mol. The van der Waals surface area contributed by atoms with Crippen molar-refractivity contribution in [3.63, 3.8) is 0 Å². The van der Waals surface area contributed by atoms with Crippen LogP contribution in [0.3, 0.4) is 0 Å². The van der Waals surface area contributed by atoms with Crippen molar-refractivity contribution in [3.05, 3.63) is 35.4 Å². The van der Waals surface area contributed by atoms with Gasteiger partial charge in [-0.1, -0.05) is 0 Å². The van der Waals surface area contributed by atoms with Crippen molar-refractivity contribution in [2.24, 2.45) is 0 Å². The molecule has 1 unspecified atom stereocenters. The van der Waals surface area contributed by atoms with Crippen LogP contribution in [0.2, 0.25) is 0 Å². The second-order valence-corrected chi connectivity index (χ2v) is 4.86. The van der Waals surface area contributed by atoms with Gasteiger partial charge in [-0.3, -0.25) is 4.79 Å². The van der Waals surface area contributed by atoms with Crippen LogP contribution in [-0.2, 0) is 4.74 Å².